The molecule has 15 heavy (non-hydrogen) atoms. The fourth-order valence-electron chi connectivity index (χ4n) is 0.993. The van der Waals surface area contributed by atoms with Crippen molar-refractivity contribution in [3.05, 3.63) is 29.8 Å². The van der Waals surface area contributed by atoms with Crippen molar-refractivity contribution in [1.82, 2.24) is 5.32 Å². The van der Waals surface area contributed by atoms with E-state index < -0.39 is 0 Å². The average molecular weight is 253 g/mol. The summed E-state index contributed by atoms with van der Waals surface area (Å²) in [7, 11) is 1.90. The molecule has 0 aliphatic rings. The molecule has 0 aromatic heterocycles. The summed E-state index contributed by atoms with van der Waals surface area (Å²) in [5, 5.41) is 3.02. The van der Waals surface area contributed by atoms with Crippen molar-refractivity contribution in [2.45, 2.75) is 6.54 Å². The molecule has 0 atom stereocenters. The first-order valence-corrected chi connectivity index (χ1v) is 4.43. The second-order valence-electron chi connectivity index (χ2n) is 2.80. The molecule has 0 aliphatic heterocycles. The molecule has 1 aromatic carbocycles. The molecule has 3 nitrogen and oxygen atoms in total. The molecule has 0 saturated heterocycles. The maximum absolute atomic E-state index is 5.47. The topological polar surface area (TPSA) is 47.3 Å². The first-order chi connectivity index (χ1) is 6.36. The quantitative estimate of drug-likeness (QED) is 0.783. The largest absolute Gasteiger partial charge is 0.492 e. The van der Waals surface area contributed by atoms with Crippen LogP contribution in [0.5, 0.6) is 5.75 Å². The normalized spacial score (nSPS) is 8.67. The van der Waals surface area contributed by atoms with Gasteiger partial charge in [0.1, 0.15) is 12.4 Å². The lowest BCUT2D eigenvalue weighted by Gasteiger charge is -2.05. The number of nitrogens with one attached hydrogen (secondary N) is 1. The van der Waals surface area contributed by atoms with Gasteiger partial charge in [0.05, 0.1) is 0 Å². The van der Waals surface area contributed by atoms with E-state index in [1.54, 1.807) is 0 Å². The van der Waals surface area contributed by atoms with Gasteiger partial charge in [0.25, 0.3) is 0 Å². The van der Waals surface area contributed by atoms with Gasteiger partial charge < -0.3 is 15.8 Å². The monoisotopic (exact) mass is 252 g/mol. The maximum Gasteiger partial charge on any atom is 0.119 e. The molecule has 0 saturated carbocycles. The van der Waals surface area contributed by atoms with Gasteiger partial charge in [0, 0.05) is 13.1 Å². The van der Waals surface area contributed by atoms with Gasteiger partial charge in [-0.3, -0.25) is 0 Å². The van der Waals surface area contributed by atoms with Crippen LogP contribution in [0.4, 0.5) is 0 Å². The lowest BCUT2D eigenvalue weighted by atomic mass is 10.2. The van der Waals surface area contributed by atoms with Gasteiger partial charge in [-0.15, -0.1) is 24.8 Å². The smallest absolute Gasteiger partial charge is 0.119 e. The Hall–Kier alpha value is -0.480. The Morgan fingerprint density at radius 3 is 2.27 bits per heavy atom. The van der Waals surface area contributed by atoms with Crippen LogP contribution < -0.4 is 15.8 Å². The number of halogens is 2. The van der Waals surface area contributed by atoms with Crippen LogP contribution in [0.15, 0.2) is 24.3 Å². The second kappa shape index (κ2) is 10.1. The van der Waals surface area contributed by atoms with Crippen molar-refractivity contribution in [2.75, 3.05) is 20.2 Å². The summed E-state index contributed by atoms with van der Waals surface area (Å²) in [4.78, 5) is 0. The summed E-state index contributed by atoms with van der Waals surface area (Å²) in [5.74, 6) is 0.896. The Labute approximate surface area is 103 Å². The van der Waals surface area contributed by atoms with Crippen molar-refractivity contribution in [3.8, 4) is 5.75 Å². The van der Waals surface area contributed by atoms with Crippen LogP contribution in [0.25, 0.3) is 0 Å². The van der Waals surface area contributed by atoms with Crippen LogP contribution in [0.3, 0.4) is 0 Å². The molecule has 5 heteroatoms. The summed E-state index contributed by atoms with van der Waals surface area (Å²) >= 11 is 0. The second-order valence-corrected chi connectivity index (χ2v) is 2.80. The molecule has 3 N–H and O–H groups in total. The molecule has 0 fully saturated rings. The van der Waals surface area contributed by atoms with Crippen LogP contribution in [-0.4, -0.2) is 20.2 Å². The van der Waals surface area contributed by atoms with Crippen LogP contribution in [0, 0.1) is 0 Å². The van der Waals surface area contributed by atoms with Gasteiger partial charge >= 0.3 is 0 Å². The van der Waals surface area contributed by atoms with Gasteiger partial charge in [-0.05, 0) is 24.7 Å². The number of ether oxygens (including phenoxy) is 1. The number of hydrogen-bond acceptors (Lipinski definition) is 3. The Kier molecular flexibility index (Phi) is 11.3. The first-order valence-electron chi connectivity index (χ1n) is 4.43. The molecule has 1 rings (SSSR count). The highest BCUT2D eigenvalue weighted by molar-refractivity contribution is 5.85. The fraction of sp³-hybridized carbons (Fsp3) is 0.400. The van der Waals surface area contributed by atoms with Gasteiger partial charge in [-0.25, -0.2) is 0 Å². The molecule has 0 spiro atoms. The predicted octanol–water partition coefficient (Wildman–Crippen LogP) is 1.59. The molecule has 0 heterocycles. The SMILES string of the molecule is CNCCOc1ccc(CN)cc1.Cl.Cl. The van der Waals surface area contributed by atoms with Gasteiger partial charge in [-0.2, -0.15) is 0 Å². The summed E-state index contributed by atoms with van der Waals surface area (Å²) in [6.45, 7) is 2.13. The van der Waals surface area contributed by atoms with E-state index in [-0.39, 0.29) is 24.8 Å². The van der Waals surface area contributed by atoms with Crippen molar-refractivity contribution in [1.29, 1.82) is 0 Å². The summed E-state index contributed by atoms with van der Waals surface area (Å²) in [6, 6.07) is 7.85. The average Bonchev–Trinajstić information content (AvgIpc) is 2.19. The Balaban J connectivity index is 0. The van der Waals surface area contributed by atoms with E-state index in [1.165, 1.54) is 0 Å². The highest BCUT2D eigenvalue weighted by Gasteiger charge is 1.92. The van der Waals surface area contributed by atoms with Crippen LogP contribution in [0.1, 0.15) is 5.56 Å². The highest BCUT2D eigenvalue weighted by Crippen LogP contribution is 2.11. The van der Waals surface area contributed by atoms with Crippen molar-refractivity contribution in [3.63, 3.8) is 0 Å². The number of likely N-dealkylation sites (N-methyl/N-ethyl adjacent to an activating group) is 1. The van der Waals surface area contributed by atoms with Gasteiger partial charge in [0.2, 0.25) is 0 Å². The summed E-state index contributed by atoms with van der Waals surface area (Å²) in [5.41, 5.74) is 6.60. The van der Waals surface area contributed by atoms with Crippen LogP contribution in [0.2, 0.25) is 0 Å². The van der Waals surface area contributed by atoms with E-state index in [0.717, 1.165) is 17.9 Å². The third kappa shape index (κ3) is 6.57. The van der Waals surface area contributed by atoms with Crippen molar-refractivity contribution in [2.24, 2.45) is 5.73 Å². The number of rotatable bonds is 5. The maximum atomic E-state index is 5.47. The molecular weight excluding hydrogens is 235 g/mol. The molecule has 88 valence electrons. The lowest BCUT2D eigenvalue weighted by molar-refractivity contribution is 0.318. The summed E-state index contributed by atoms with van der Waals surface area (Å²) in [6.07, 6.45) is 0. The van der Waals surface area contributed by atoms with E-state index in [2.05, 4.69) is 5.32 Å². The molecule has 0 amide bonds. The standard InChI is InChI=1S/C10H16N2O.2ClH/c1-12-6-7-13-10-4-2-9(8-11)3-5-10;;/h2-5,12H,6-8,11H2,1H3;2*1H. The van der Waals surface area contributed by atoms with E-state index >= 15 is 0 Å². The van der Waals surface area contributed by atoms with E-state index in [9.17, 15) is 0 Å². The van der Waals surface area contributed by atoms with Gasteiger partial charge in [-0.1, -0.05) is 12.1 Å². The zero-order chi connectivity index (χ0) is 9.52. The van der Waals surface area contributed by atoms with E-state index in [1.807, 2.05) is 31.3 Å². The van der Waals surface area contributed by atoms with E-state index in [4.69, 9.17) is 10.5 Å². The molecule has 0 radical (unpaired) electrons. The highest BCUT2D eigenvalue weighted by atomic mass is 35.5. The number of nitrogens with two attached hydrogens (primary N) is 1. The number of hydrogen-bond donors (Lipinski definition) is 2. The number of benzene rings is 1. The Bertz CT molecular complexity index is 242. The molecule has 0 aliphatic carbocycles. The van der Waals surface area contributed by atoms with Gasteiger partial charge in [0.15, 0.2) is 0 Å². The van der Waals surface area contributed by atoms with E-state index in [0.29, 0.717) is 13.2 Å². The van der Waals surface area contributed by atoms with Crippen molar-refractivity contribution < 1.29 is 4.74 Å². The minimum Gasteiger partial charge on any atom is -0.492 e. The third-order valence-corrected chi connectivity index (χ3v) is 1.78. The van der Waals surface area contributed by atoms with Crippen molar-refractivity contribution >= 4 is 24.8 Å². The molecule has 1 aromatic rings. The molecular formula is C10H18Cl2N2O. The predicted molar refractivity (Wildman–Crippen MR) is 68.3 cm³/mol. The minimum absolute atomic E-state index is 0. The van der Waals surface area contributed by atoms with Crippen LogP contribution in [-0.2, 0) is 6.54 Å². The Morgan fingerprint density at radius 2 is 1.80 bits per heavy atom. The first kappa shape index (κ1) is 16.9. The molecule has 0 unspecified atom stereocenters. The zero-order valence-corrected chi connectivity index (χ0v) is 10.4. The summed E-state index contributed by atoms with van der Waals surface area (Å²) < 4.78 is 5.44. The van der Waals surface area contributed by atoms with Crippen LogP contribution >= 0.6 is 24.8 Å². The fourth-order valence-corrected chi connectivity index (χ4v) is 0.993. The lowest BCUT2D eigenvalue weighted by Crippen LogP contribution is -2.15. The molecule has 0 bridgehead atoms. The third-order valence-electron chi connectivity index (χ3n) is 1.78. The Morgan fingerprint density at radius 1 is 1.20 bits per heavy atom. The minimum atomic E-state index is 0. The zero-order valence-electron chi connectivity index (χ0n) is 8.73.